The highest BCUT2D eigenvalue weighted by Gasteiger charge is 2.19. The van der Waals surface area contributed by atoms with Gasteiger partial charge in [0.25, 0.3) is 0 Å². The molecule has 0 radical (unpaired) electrons. The van der Waals surface area contributed by atoms with E-state index in [2.05, 4.69) is 5.32 Å². The van der Waals surface area contributed by atoms with Gasteiger partial charge in [-0.05, 0) is 31.3 Å². The van der Waals surface area contributed by atoms with Crippen LogP contribution in [0.5, 0.6) is 5.75 Å². The number of likely N-dealkylation sites (N-methyl/N-ethyl adjacent to an activating group) is 2. The van der Waals surface area contributed by atoms with Crippen LogP contribution in [-0.4, -0.2) is 47.0 Å². The SMILES string of the molecule is CNCCN(C)S(=O)(=O)c1ccc(OC)cc1. The smallest absolute Gasteiger partial charge is 0.242 e. The van der Waals surface area contributed by atoms with Crippen molar-refractivity contribution in [2.24, 2.45) is 0 Å². The molecule has 0 saturated carbocycles. The first kappa shape index (κ1) is 14.0. The zero-order chi connectivity index (χ0) is 12.9. The Morgan fingerprint density at radius 1 is 1.29 bits per heavy atom. The van der Waals surface area contributed by atoms with Crippen molar-refractivity contribution in [3.05, 3.63) is 24.3 Å². The number of hydrogen-bond acceptors (Lipinski definition) is 4. The van der Waals surface area contributed by atoms with Gasteiger partial charge in [0.2, 0.25) is 10.0 Å². The Hall–Kier alpha value is -1.11. The van der Waals surface area contributed by atoms with Crippen molar-refractivity contribution < 1.29 is 13.2 Å². The third-order valence-corrected chi connectivity index (χ3v) is 4.32. The minimum absolute atomic E-state index is 0.275. The molecule has 1 aromatic carbocycles. The highest BCUT2D eigenvalue weighted by molar-refractivity contribution is 7.89. The molecule has 1 N–H and O–H groups in total. The molecule has 0 amide bonds. The van der Waals surface area contributed by atoms with Gasteiger partial charge in [-0.2, -0.15) is 4.31 Å². The average molecular weight is 258 g/mol. The first-order valence-corrected chi connectivity index (χ1v) is 6.71. The molecule has 0 aliphatic rings. The Kier molecular flexibility index (Phi) is 4.92. The molecule has 0 bridgehead atoms. The molecule has 17 heavy (non-hydrogen) atoms. The predicted octanol–water partition coefficient (Wildman–Crippen LogP) is 0.535. The van der Waals surface area contributed by atoms with Crippen molar-refractivity contribution in [2.75, 3.05) is 34.3 Å². The molecule has 1 rings (SSSR count). The van der Waals surface area contributed by atoms with E-state index in [4.69, 9.17) is 4.74 Å². The Labute approximate surface area is 102 Å². The summed E-state index contributed by atoms with van der Waals surface area (Å²) >= 11 is 0. The third-order valence-electron chi connectivity index (χ3n) is 2.44. The molecular weight excluding hydrogens is 240 g/mol. The number of hydrogen-bond donors (Lipinski definition) is 1. The number of sulfonamides is 1. The van der Waals surface area contributed by atoms with Crippen molar-refractivity contribution in [3.63, 3.8) is 0 Å². The minimum Gasteiger partial charge on any atom is -0.497 e. The zero-order valence-corrected chi connectivity index (χ0v) is 11.1. The summed E-state index contributed by atoms with van der Waals surface area (Å²) in [7, 11) is 1.50. The van der Waals surface area contributed by atoms with Crippen molar-refractivity contribution >= 4 is 10.0 Å². The monoisotopic (exact) mass is 258 g/mol. The summed E-state index contributed by atoms with van der Waals surface area (Å²) in [5.41, 5.74) is 0. The maximum absolute atomic E-state index is 12.1. The summed E-state index contributed by atoms with van der Waals surface area (Å²) in [4.78, 5) is 0.275. The van der Waals surface area contributed by atoms with Gasteiger partial charge in [0.15, 0.2) is 0 Å². The van der Waals surface area contributed by atoms with E-state index in [1.54, 1.807) is 45.5 Å². The Morgan fingerprint density at radius 3 is 2.35 bits per heavy atom. The zero-order valence-electron chi connectivity index (χ0n) is 10.3. The van der Waals surface area contributed by atoms with Crippen molar-refractivity contribution in [3.8, 4) is 5.75 Å². The van der Waals surface area contributed by atoms with E-state index in [9.17, 15) is 8.42 Å². The molecule has 5 nitrogen and oxygen atoms in total. The molecule has 0 saturated heterocycles. The molecule has 0 unspecified atom stereocenters. The van der Waals surface area contributed by atoms with E-state index in [-0.39, 0.29) is 4.90 Å². The summed E-state index contributed by atoms with van der Waals surface area (Å²) < 4.78 is 30.5. The predicted molar refractivity (Wildman–Crippen MR) is 66.7 cm³/mol. The van der Waals surface area contributed by atoms with Crippen LogP contribution in [0.1, 0.15) is 0 Å². The van der Waals surface area contributed by atoms with Crippen LogP contribution in [-0.2, 0) is 10.0 Å². The molecule has 0 spiro atoms. The van der Waals surface area contributed by atoms with Crippen LogP contribution >= 0.6 is 0 Å². The van der Waals surface area contributed by atoms with E-state index in [0.717, 1.165) is 0 Å². The van der Waals surface area contributed by atoms with Gasteiger partial charge in [-0.3, -0.25) is 0 Å². The molecule has 1 aromatic rings. The molecule has 0 aliphatic carbocycles. The van der Waals surface area contributed by atoms with Gasteiger partial charge in [0.1, 0.15) is 5.75 Å². The van der Waals surface area contributed by atoms with Gasteiger partial charge in [0, 0.05) is 20.1 Å². The summed E-state index contributed by atoms with van der Waals surface area (Å²) in [6, 6.07) is 6.37. The second-order valence-electron chi connectivity index (χ2n) is 3.61. The Bertz CT molecular complexity index is 442. The number of nitrogens with zero attached hydrogens (tertiary/aromatic N) is 1. The molecule has 0 atom stereocenters. The summed E-state index contributed by atoms with van der Waals surface area (Å²) in [6.45, 7) is 1.05. The van der Waals surface area contributed by atoms with Crippen molar-refractivity contribution in [1.82, 2.24) is 9.62 Å². The third kappa shape index (κ3) is 3.42. The molecule has 6 heteroatoms. The molecule has 0 heterocycles. The molecule has 0 fully saturated rings. The average Bonchev–Trinajstić information content (AvgIpc) is 2.35. The standard InChI is InChI=1S/C11H18N2O3S/c1-12-8-9-13(2)17(14,15)11-6-4-10(16-3)5-7-11/h4-7,12H,8-9H2,1-3H3. The fourth-order valence-corrected chi connectivity index (χ4v) is 2.49. The summed E-state index contributed by atoms with van der Waals surface area (Å²) in [5, 5.41) is 2.91. The second-order valence-corrected chi connectivity index (χ2v) is 5.65. The largest absolute Gasteiger partial charge is 0.497 e. The number of methoxy groups -OCH3 is 1. The topological polar surface area (TPSA) is 58.6 Å². The molecule has 0 aliphatic heterocycles. The summed E-state index contributed by atoms with van der Waals surface area (Å²) in [5.74, 6) is 0.641. The Morgan fingerprint density at radius 2 is 1.88 bits per heavy atom. The highest BCUT2D eigenvalue weighted by Crippen LogP contribution is 2.18. The van der Waals surface area contributed by atoms with E-state index in [1.807, 2.05) is 0 Å². The second kappa shape index (κ2) is 6.00. The van der Waals surface area contributed by atoms with E-state index >= 15 is 0 Å². The van der Waals surface area contributed by atoms with Gasteiger partial charge < -0.3 is 10.1 Å². The van der Waals surface area contributed by atoms with Gasteiger partial charge >= 0.3 is 0 Å². The number of ether oxygens (including phenoxy) is 1. The van der Waals surface area contributed by atoms with Crippen LogP contribution < -0.4 is 10.1 Å². The lowest BCUT2D eigenvalue weighted by Crippen LogP contribution is -2.32. The van der Waals surface area contributed by atoms with Gasteiger partial charge in [-0.15, -0.1) is 0 Å². The van der Waals surface area contributed by atoms with Crippen molar-refractivity contribution in [1.29, 1.82) is 0 Å². The summed E-state index contributed by atoms with van der Waals surface area (Å²) in [6.07, 6.45) is 0. The lowest BCUT2D eigenvalue weighted by atomic mass is 10.3. The molecule has 96 valence electrons. The maximum atomic E-state index is 12.1. The van der Waals surface area contributed by atoms with Crippen LogP contribution in [0, 0.1) is 0 Å². The lowest BCUT2D eigenvalue weighted by molar-refractivity contribution is 0.414. The van der Waals surface area contributed by atoms with Gasteiger partial charge in [-0.25, -0.2) is 8.42 Å². The van der Waals surface area contributed by atoms with E-state index in [0.29, 0.717) is 18.8 Å². The van der Waals surface area contributed by atoms with Crippen LogP contribution in [0.2, 0.25) is 0 Å². The molecular formula is C11H18N2O3S. The number of nitrogens with one attached hydrogen (secondary N) is 1. The van der Waals surface area contributed by atoms with Crippen molar-refractivity contribution in [2.45, 2.75) is 4.90 Å². The minimum atomic E-state index is -3.40. The quantitative estimate of drug-likeness (QED) is 0.809. The van der Waals surface area contributed by atoms with Crippen LogP contribution in [0.25, 0.3) is 0 Å². The van der Waals surface area contributed by atoms with Crippen LogP contribution in [0.15, 0.2) is 29.2 Å². The fraction of sp³-hybridized carbons (Fsp3) is 0.455. The van der Waals surface area contributed by atoms with Crippen LogP contribution in [0.4, 0.5) is 0 Å². The van der Waals surface area contributed by atoms with Gasteiger partial charge in [0.05, 0.1) is 12.0 Å². The maximum Gasteiger partial charge on any atom is 0.242 e. The van der Waals surface area contributed by atoms with Gasteiger partial charge in [-0.1, -0.05) is 0 Å². The van der Waals surface area contributed by atoms with Crippen LogP contribution in [0.3, 0.4) is 0 Å². The Balaban J connectivity index is 2.88. The first-order chi connectivity index (χ1) is 8.02. The highest BCUT2D eigenvalue weighted by atomic mass is 32.2. The fourth-order valence-electron chi connectivity index (χ4n) is 1.32. The lowest BCUT2D eigenvalue weighted by Gasteiger charge is -2.17. The van der Waals surface area contributed by atoms with E-state index in [1.165, 1.54) is 4.31 Å². The normalized spacial score (nSPS) is 11.8. The first-order valence-electron chi connectivity index (χ1n) is 5.27. The molecule has 0 aromatic heterocycles. The number of benzene rings is 1. The van der Waals surface area contributed by atoms with E-state index < -0.39 is 10.0 Å². The number of rotatable bonds is 6.